The van der Waals surface area contributed by atoms with E-state index >= 15 is 0 Å². The molecule has 6 nitrogen and oxygen atoms in total. The summed E-state index contributed by atoms with van der Waals surface area (Å²) in [6.07, 6.45) is 2.68. The van der Waals surface area contributed by atoms with Gasteiger partial charge in [-0.1, -0.05) is 6.92 Å². The van der Waals surface area contributed by atoms with Gasteiger partial charge in [0.1, 0.15) is 5.54 Å². The van der Waals surface area contributed by atoms with Gasteiger partial charge >= 0.3 is 12.0 Å². The number of urea groups is 1. The van der Waals surface area contributed by atoms with Gasteiger partial charge in [-0.2, -0.15) is 0 Å². The molecule has 0 unspecified atom stereocenters. The highest BCUT2D eigenvalue weighted by molar-refractivity contribution is 5.86. The number of nitrogens with zero attached hydrogens (tertiary/aromatic N) is 1. The largest absolute Gasteiger partial charge is 0.480 e. The topological polar surface area (TPSA) is 81.7 Å². The zero-order valence-electron chi connectivity index (χ0n) is 13.6. The van der Waals surface area contributed by atoms with E-state index in [9.17, 15) is 14.7 Å². The number of amides is 2. The van der Waals surface area contributed by atoms with Crippen LogP contribution < -0.4 is 10.6 Å². The standard InChI is InChI=1S/C15H29N3O3/c1-11(2)18(4)10-9-16-14(21)17-15(13(19)20)7-5-12(3)6-8-15/h11-12H,5-10H2,1-4H3,(H,19,20)(H2,16,17,21). The minimum atomic E-state index is -1.10. The molecule has 0 aromatic carbocycles. The van der Waals surface area contributed by atoms with Crippen LogP contribution in [0.3, 0.4) is 0 Å². The highest BCUT2D eigenvalue weighted by Crippen LogP contribution is 2.32. The molecule has 0 bridgehead atoms. The molecule has 1 rings (SSSR count). The molecule has 2 amide bonds. The Morgan fingerprint density at radius 1 is 1.33 bits per heavy atom. The van der Waals surface area contributed by atoms with Gasteiger partial charge in [-0.25, -0.2) is 9.59 Å². The molecule has 6 heteroatoms. The highest BCUT2D eigenvalue weighted by atomic mass is 16.4. The normalized spacial score (nSPS) is 25.9. The summed E-state index contributed by atoms with van der Waals surface area (Å²) in [5.74, 6) is -0.397. The lowest BCUT2D eigenvalue weighted by molar-refractivity contribution is -0.146. The summed E-state index contributed by atoms with van der Waals surface area (Å²) in [5.41, 5.74) is -1.10. The predicted molar refractivity (Wildman–Crippen MR) is 82.3 cm³/mol. The third-order valence-corrected chi connectivity index (χ3v) is 4.52. The van der Waals surface area contributed by atoms with Crippen molar-refractivity contribution in [2.75, 3.05) is 20.1 Å². The molecular formula is C15H29N3O3. The number of carboxylic acids is 1. The van der Waals surface area contributed by atoms with Crippen molar-refractivity contribution in [2.45, 2.75) is 58.0 Å². The average molecular weight is 299 g/mol. The Kier molecular flexibility index (Phi) is 6.45. The quantitative estimate of drug-likeness (QED) is 0.696. The van der Waals surface area contributed by atoms with Crippen LogP contribution in [0.15, 0.2) is 0 Å². The van der Waals surface area contributed by atoms with E-state index in [1.165, 1.54) is 0 Å². The maximum Gasteiger partial charge on any atom is 0.329 e. The van der Waals surface area contributed by atoms with Crippen LogP contribution in [-0.2, 0) is 4.79 Å². The van der Waals surface area contributed by atoms with E-state index in [1.54, 1.807) is 0 Å². The first kappa shape index (κ1) is 17.8. The fourth-order valence-electron chi connectivity index (χ4n) is 2.51. The summed E-state index contributed by atoms with van der Waals surface area (Å²) in [4.78, 5) is 25.6. The van der Waals surface area contributed by atoms with Gasteiger partial charge in [0.25, 0.3) is 0 Å². The summed E-state index contributed by atoms with van der Waals surface area (Å²) >= 11 is 0. The second-order valence-corrected chi connectivity index (χ2v) is 6.53. The molecule has 1 aliphatic carbocycles. The summed E-state index contributed by atoms with van der Waals surface area (Å²) in [6.45, 7) is 7.54. The number of carboxylic acid groups (broad SMARTS) is 1. The SMILES string of the molecule is CC1CCC(NC(=O)NCCN(C)C(C)C)(C(=O)O)CC1. The van der Waals surface area contributed by atoms with Crippen molar-refractivity contribution in [3.8, 4) is 0 Å². The highest BCUT2D eigenvalue weighted by Gasteiger charge is 2.42. The van der Waals surface area contributed by atoms with Crippen LogP contribution in [0.4, 0.5) is 4.79 Å². The lowest BCUT2D eigenvalue weighted by Gasteiger charge is -2.36. The molecule has 1 aliphatic rings. The van der Waals surface area contributed by atoms with Crippen LogP contribution in [0.2, 0.25) is 0 Å². The van der Waals surface area contributed by atoms with Gasteiger partial charge < -0.3 is 20.6 Å². The molecule has 0 atom stereocenters. The summed E-state index contributed by atoms with van der Waals surface area (Å²) < 4.78 is 0. The minimum Gasteiger partial charge on any atom is -0.480 e. The van der Waals surface area contributed by atoms with Crippen LogP contribution in [0, 0.1) is 5.92 Å². The van der Waals surface area contributed by atoms with Crippen molar-refractivity contribution in [3.63, 3.8) is 0 Å². The van der Waals surface area contributed by atoms with E-state index in [1.807, 2.05) is 7.05 Å². The number of rotatable bonds is 6. The first-order valence-electron chi connectivity index (χ1n) is 7.76. The summed E-state index contributed by atoms with van der Waals surface area (Å²) in [7, 11) is 1.99. The molecule has 0 spiro atoms. The fraction of sp³-hybridized carbons (Fsp3) is 0.867. The molecule has 0 heterocycles. The van der Waals surface area contributed by atoms with Gasteiger partial charge in [-0.3, -0.25) is 0 Å². The zero-order valence-corrected chi connectivity index (χ0v) is 13.6. The minimum absolute atomic E-state index is 0.385. The van der Waals surface area contributed by atoms with Crippen molar-refractivity contribution < 1.29 is 14.7 Å². The van der Waals surface area contributed by atoms with E-state index < -0.39 is 11.5 Å². The molecule has 0 aromatic heterocycles. The Morgan fingerprint density at radius 2 is 1.90 bits per heavy atom. The monoisotopic (exact) mass is 299 g/mol. The molecule has 1 saturated carbocycles. The number of nitrogens with one attached hydrogen (secondary N) is 2. The van der Waals surface area contributed by atoms with Crippen molar-refractivity contribution in [2.24, 2.45) is 5.92 Å². The molecule has 0 aromatic rings. The molecule has 21 heavy (non-hydrogen) atoms. The second-order valence-electron chi connectivity index (χ2n) is 6.53. The van der Waals surface area contributed by atoms with Gasteiger partial charge in [0.15, 0.2) is 0 Å². The third-order valence-electron chi connectivity index (χ3n) is 4.52. The number of carbonyl (C=O) groups is 2. The molecule has 0 radical (unpaired) electrons. The predicted octanol–water partition coefficient (Wildman–Crippen LogP) is 1.66. The van der Waals surface area contributed by atoms with E-state index in [0.29, 0.717) is 31.3 Å². The lowest BCUT2D eigenvalue weighted by atomic mass is 9.77. The van der Waals surface area contributed by atoms with Crippen molar-refractivity contribution >= 4 is 12.0 Å². The number of aliphatic carboxylic acids is 1. The average Bonchev–Trinajstić information content (AvgIpc) is 2.41. The zero-order chi connectivity index (χ0) is 16.0. The number of hydrogen-bond donors (Lipinski definition) is 3. The summed E-state index contributed by atoms with van der Waals surface area (Å²) in [6, 6.07) is 0.0316. The van der Waals surface area contributed by atoms with E-state index in [-0.39, 0.29) is 6.03 Å². The molecule has 3 N–H and O–H groups in total. The first-order chi connectivity index (χ1) is 9.77. The van der Waals surface area contributed by atoms with Gasteiger partial charge in [0, 0.05) is 19.1 Å². The van der Waals surface area contributed by atoms with Crippen molar-refractivity contribution in [1.82, 2.24) is 15.5 Å². The van der Waals surface area contributed by atoms with Crippen LogP contribution in [0.25, 0.3) is 0 Å². The first-order valence-corrected chi connectivity index (χ1v) is 7.76. The van der Waals surface area contributed by atoms with Gasteiger partial charge in [-0.05, 0) is 52.5 Å². The molecule has 0 saturated heterocycles. The third kappa shape index (κ3) is 5.19. The van der Waals surface area contributed by atoms with E-state index in [0.717, 1.165) is 19.4 Å². The van der Waals surface area contributed by atoms with Gasteiger partial charge in [-0.15, -0.1) is 0 Å². The van der Waals surface area contributed by atoms with Crippen LogP contribution >= 0.6 is 0 Å². The van der Waals surface area contributed by atoms with Gasteiger partial charge in [0.05, 0.1) is 0 Å². The maximum atomic E-state index is 11.9. The summed E-state index contributed by atoms with van der Waals surface area (Å²) in [5, 5.41) is 14.9. The Morgan fingerprint density at radius 3 is 2.38 bits per heavy atom. The number of likely N-dealkylation sites (N-methyl/N-ethyl adjacent to an activating group) is 1. The molecule has 122 valence electrons. The lowest BCUT2D eigenvalue weighted by Crippen LogP contribution is -2.59. The van der Waals surface area contributed by atoms with Crippen LogP contribution in [0.5, 0.6) is 0 Å². The number of hydrogen-bond acceptors (Lipinski definition) is 3. The molecule has 0 aliphatic heterocycles. The van der Waals surface area contributed by atoms with Crippen molar-refractivity contribution in [1.29, 1.82) is 0 Å². The van der Waals surface area contributed by atoms with Crippen LogP contribution in [0.1, 0.15) is 46.5 Å². The Balaban J connectivity index is 2.45. The molecular weight excluding hydrogens is 270 g/mol. The molecule has 1 fully saturated rings. The van der Waals surface area contributed by atoms with E-state index in [2.05, 4.69) is 36.3 Å². The smallest absolute Gasteiger partial charge is 0.329 e. The Hall–Kier alpha value is -1.30. The Bertz CT molecular complexity index is 363. The second kappa shape index (κ2) is 7.64. The van der Waals surface area contributed by atoms with Crippen LogP contribution in [-0.4, -0.2) is 53.7 Å². The maximum absolute atomic E-state index is 11.9. The Labute approximate surface area is 127 Å². The fourth-order valence-corrected chi connectivity index (χ4v) is 2.51. The van der Waals surface area contributed by atoms with Gasteiger partial charge in [0.2, 0.25) is 0 Å². The van der Waals surface area contributed by atoms with Crippen molar-refractivity contribution in [3.05, 3.63) is 0 Å². The van der Waals surface area contributed by atoms with E-state index in [4.69, 9.17) is 0 Å². The number of carbonyl (C=O) groups excluding carboxylic acids is 1.